The molecule has 0 aliphatic heterocycles. The van der Waals surface area contributed by atoms with Gasteiger partial charge in [-0.1, -0.05) is 12.1 Å². The van der Waals surface area contributed by atoms with E-state index < -0.39 is 10.0 Å². The SMILES string of the molecule is COc1cc(NC(=O)c2ccccc2Br)ccc1NS(C)(=O)=O. The number of benzene rings is 2. The molecule has 0 saturated heterocycles. The number of rotatable bonds is 5. The molecule has 23 heavy (non-hydrogen) atoms. The lowest BCUT2D eigenvalue weighted by atomic mass is 10.2. The number of halogens is 1. The Morgan fingerprint density at radius 2 is 1.87 bits per heavy atom. The zero-order valence-electron chi connectivity index (χ0n) is 12.5. The third-order valence-electron chi connectivity index (χ3n) is 2.87. The number of anilines is 2. The highest BCUT2D eigenvalue weighted by molar-refractivity contribution is 9.10. The fourth-order valence-electron chi connectivity index (χ4n) is 1.90. The average molecular weight is 399 g/mol. The number of hydrogen-bond donors (Lipinski definition) is 2. The van der Waals surface area contributed by atoms with Crippen LogP contribution in [0.25, 0.3) is 0 Å². The molecule has 0 aromatic heterocycles. The molecule has 2 N–H and O–H groups in total. The van der Waals surface area contributed by atoms with Crippen molar-refractivity contribution in [1.82, 2.24) is 0 Å². The van der Waals surface area contributed by atoms with Crippen molar-refractivity contribution in [2.45, 2.75) is 0 Å². The van der Waals surface area contributed by atoms with E-state index in [2.05, 4.69) is 26.0 Å². The van der Waals surface area contributed by atoms with E-state index in [4.69, 9.17) is 4.74 Å². The van der Waals surface area contributed by atoms with Crippen molar-refractivity contribution < 1.29 is 17.9 Å². The molecule has 122 valence electrons. The molecule has 2 aromatic rings. The van der Waals surface area contributed by atoms with Gasteiger partial charge in [-0.3, -0.25) is 9.52 Å². The molecule has 0 heterocycles. The first-order valence-corrected chi connectivity index (χ1v) is 9.20. The van der Waals surface area contributed by atoms with Crippen LogP contribution < -0.4 is 14.8 Å². The number of nitrogens with one attached hydrogen (secondary N) is 2. The average Bonchev–Trinajstić information content (AvgIpc) is 2.47. The van der Waals surface area contributed by atoms with Crippen LogP contribution in [0.1, 0.15) is 10.4 Å². The highest BCUT2D eigenvalue weighted by atomic mass is 79.9. The molecule has 0 fully saturated rings. The number of carbonyl (C=O) groups excluding carboxylic acids is 1. The van der Waals surface area contributed by atoms with E-state index in [0.717, 1.165) is 6.26 Å². The van der Waals surface area contributed by atoms with Gasteiger partial charge in [0.1, 0.15) is 5.75 Å². The first-order valence-electron chi connectivity index (χ1n) is 6.52. The molecule has 0 aliphatic carbocycles. The fourth-order valence-corrected chi connectivity index (χ4v) is 2.93. The molecular weight excluding hydrogens is 384 g/mol. The second kappa shape index (κ2) is 7.01. The summed E-state index contributed by atoms with van der Waals surface area (Å²) in [7, 11) is -2.00. The minimum absolute atomic E-state index is 0.289. The first-order chi connectivity index (χ1) is 10.8. The summed E-state index contributed by atoms with van der Waals surface area (Å²) in [5.41, 5.74) is 1.28. The minimum atomic E-state index is -3.42. The largest absolute Gasteiger partial charge is 0.494 e. The lowest BCUT2D eigenvalue weighted by Crippen LogP contribution is -2.13. The Bertz CT molecular complexity index is 837. The lowest BCUT2D eigenvalue weighted by Gasteiger charge is -2.12. The number of ether oxygens (including phenoxy) is 1. The zero-order chi connectivity index (χ0) is 17.0. The molecule has 2 rings (SSSR count). The van der Waals surface area contributed by atoms with Gasteiger partial charge < -0.3 is 10.1 Å². The molecule has 6 nitrogen and oxygen atoms in total. The predicted octanol–water partition coefficient (Wildman–Crippen LogP) is 3.08. The second-order valence-electron chi connectivity index (χ2n) is 4.72. The molecule has 0 aliphatic rings. The third-order valence-corrected chi connectivity index (χ3v) is 4.16. The molecule has 0 spiro atoms. The maximum absolute atomic E-state index is 12.3. The van der Waals surface area contributed by atoms with Crippen LogP contribution in [0.15, 0.2) is 46.9 Å². The Morgan fingerprint density at radius 1 is 1.17 bits per heavy atom. The van der Waals surface area contributed by atoms with E-state index in [1.807, 2.05) is 6.07 Å². The maximum Gasteiger partial charge on any atom is 0.256 e. The van der Waals surface area contributed by atoms with E-state index in [1.54, 1.807) is 30.3 Å². The highest BCUT2D eigenvalue weighted by Gasteiger charge is 2.12. The first kappa shape index (κ1) is 17.3. The van der Waals surface area contributed by atoms with Gasteiger partial charge in [-0.05, 0) is 40.2 Å². The van der Waals surface area contributed by atoms with Crippen molar-refractivity contribution in [2.75, 3.05) is 23.4 Å². The van der Waals surface area contributed by atoms with Gasteiger partial charge in [0, 0.05) is 16.2 Å². The van der Waals surface area contributed by atoms with Crippen LogP contribution in [0.4, 0.5) is 11.4 Å². The summed E-state index contributed by atoms with van der Waals surface area (Å²) in [5.74, 6) is 0.0173. The number of amides is 1. The van der Waals surface area contributed by atoms with Gasteiger partial charge in [0.2, 0.25) is 10.0 Å². The molecule has 0 saturated carbocycles. The van der Waals surface area contributed by atoms with Crippen molar-refractivity contribution in [3.63, 3.8) is 0 Å². The van der Waals surface area contributed by atoms with Crippen LogP contribution in [0.3, 0.4) is 0 Å². The van der Waals surface area contributed by atoms with E-state index in [1.165, 1.54) is 13.2 Å². The monoisotopic (exact) mass is 398 g/mol. The molecule has 0 bridgehead atoms. The Hall–Kier alpha value is -2.06. The van der Waals surface area contributed by atoms with Gasteiger partial charge in [0.15, 0.2) is 0 Å². The van der Waals surface area contributed by atoms with E-state index in [0.29, 0.717) is 27.2 Å². The van der Waals surface area contributed by atoms with Crippen molar-refractivity contribution in [3.05, 3.63) is 52.5 Å². The predicted molar refractivity (Wildman–Crippen MR) is 93.6 cm³/mol. The van der Waals surface area contributed by atoms with E-state index >= 15 is 0 Å². The topological polar surface area (TPSA) is 84.5 Å². The summed E-state index contributed by atoms with van der Waals surface area (Å²) in [6.07, 6.45) is 1.05. The number of methoxy groups -OCH3 is 1. The van der Waals surface area contributed by atoms with Gasteiger partial charge >= 0.3 is 0 Å². The van der Waals surface area contributed by atoms with E-state index in [-0.39, 0.29) is 5.91 Å². The third kappa shape index (κ3) is 4.70. The van der Waals surface area contributed by atoms with Crippen LogP contribution >= 0.6 is 15.9 Å². The maximum atomic E-state index is 12.3. The van der Waals surface area contributed by atoms with Gasteiger partial charge in [-0.25, -0.2) is 8.42 Å². The number of sulfonamides is 1. The van der Waals surface area contributed by atoms with E-state index in [9.17, 15) is 13.2 Å². The molecule has 0 unspecified atom stereocenters. The summed E-state index contributed by atoms with van der Waals surface area (Å²) >= 11 is 3.32. The molecular formula is C15H15BrN2O4S. The van der Waals surface area contributed by atoms with Gasteiger partial charge in [-0.2, -0.15) is 0 Å². The summed E-state index contributed by atoms with van der Waals surface area (Å²) < 4.78 is 30.8. The van der Waals surface area contributed by atoms with Crippen LogP contribution in [0.2, 0.25) is 0 Å². The summed E-state index contributed by atoms with van der Waals surface area (Å²) in [5, 5.41) is 2.74. The summed E-state index contributed by atoms with van der Waals surface area (Å²) in [6.45, 7) is 0. The van der Waals surface area contributed by atoms with Crippen LogP contribution in [0.5, 0.6) is 5.75 Å². The minimum Gasteiger partial charge on any atom is -0.494 e. The highest BCUT2D eigenvalue weighted by Crippen LogP contribution is 2.29. The van der Waals surface area contributed by atoms with Crippen LogP contribution in [-0.2, 0) is 10.0 Å². The quantitative estimate of drug-likeness (QED) is 0.810. The zero-order valence-corrected chi connectivity index (χ0v) is 14.9. The number of carbonyl (C=O) groups is 1. The standard InChI is InChI=1S/C15H15BrN2O4S/c1-22-14-9-10(7-8-13(14)18-23(2,20)21)17-15(19)11-5-3-4-6-12(11)16/h3-9,18H,1-2H3,(H,17,19). The van der Waals surface area contributed by atoms with Crippen molar-refractivity contribution in [1.29, 1.82) is 0 Å². The molecule has 8 heteroatoms. The molecule has 0 atom stereocenters. The Kier molecular flexibility index (Phi) is 5.27. The normalized spacial score (nSPS) is 10.9. The van der Waals surface area contributed by atoms with Crippen molar-refractivity contribution in [2.24, 2.45) is 0 Å². The Balaban J connectivity index is 2.24. The molecule has 0 radical (unpaired) electrons. The lowest BCUT2D eigenvalue weighted by molar-refractivity contribution is 0.102. The van der Waals surface area contributed by atoms with Crippen molar-refractivity contribution >= 4 is 43.2 Å². The van der Waals surface area contributed by atoms with Crippen molar-refractivity contribution in [3.8, 4) is 5.75 Å². The van der Waals surface area contributed by atoms with Crippen LogP contribution in [-0.4, -0.2) is 27.7 Å². The summed E-state index contributed by atoms with van der Waals surface area (Å²) in [6, 6.07) is 11.7. The molecule has 1 amide bonds. The van der Waals surface area contributed by atoms with Gasteiger partial charge in [0.05, 0.1) is 24.6 Å². The van der Waals surface area contributed by atoms with Gasteiger partial charge in [0.25, 0.3) is 5.91 Å². The smallest absolute Gasteiger partial charge is 0.256 e. The second-order valence-corrected chi connectivity index (χ2v) is 7.33. The van der Waals surface area contributed by atoms with Gasteiger partial charge in [-0.15, -0.1) is 0 Å². The Labute approximate surface area is 143 Å². The van der Waals surface area contributed by atoms with Crippen LogP contribution in [0, 0.1) is 0 Å². The Morgan fingerprint density at radius 3 is 2.48 bits per heavy atom. The molecule has 2 aromatic carbocycles. The number of hydrogen-bond acceptors (Lipinski definition) is 4. The summed E-state index contributed by atoms with van der Waals surface area (Å²) in [4.78, 5) is 12.3. The fraction of sp³-hybridized carbons (Fsp3) is 0.133.